The van der Waals surface area contributed by atoms with Crippen molar-refractivity contribution in [3.63, 3.8) is 0 Å². The number of carbonyl (C=O) groups excluding carboxylic acids is 2. The molecule has 0 saturated carbocycles. The van der Waals surface area contributed by atoms with Crippen molar-refractivity contribution in [1.29, 1.82) is 0 Å². The Hall–Kier alpha value is -3.24. The Kier molecular flexibility index (Phi) is 5.79. The minimum Gasteiger partial charge on any atom is -0.481 e. The van der Waals surface area contributed by atoms with Crippen molar-refractivity contribution in [2.24, 2.45) is 5.92 Å². The Bertz CT molecular complexity index is 800. The molecule has 3 heterocycles. The van der Waals surface area contributed by atoms with Crippen LogP contribution in [0.3, 0.4) is 0 Å². The maximum absolute atomic E-state index is 12.3. The van der Waals surface area contributed by atoms with Crippen LogP contribution in [0.25, 0.3) is 0 Å². The van der Waals surface area contributed by atoms with Gasteiger partial charge in [-0.05, 0) is 35.3 Å². The van der Waals surface area contributed by atoms with Gasteiger partial charge in [0.2, 0.25) is 17.7 Å². The van der Waals surface area contributed by atoms with Crippen molar-refractivity contribution in [1.82, 2.24) is 35.4 Å². The average molecular weight is 374 g/mol. The van der Waals surface area contributed by atoms with Gasteiger partial charge >= 0.3 is 0 Å². The smallest absolute Gasteiger partial charge is 0.251 e. The minimum absolute atomic E-state index is 0.0319. The van der Waals surface area contributed by atoms with E-state index in [9.17, 15) is 9.59 Å². The molecule has 1 aliphatic rings. The predicted molar refractivity (Wildman–Crippen MR) is 94.7 cm³/mol. The topological polar surface area (TPSA) is 141 Å². The third-order valence-corrected chi connectivity index (χ3v) is 4.57. The molecular formula is C16H22N8O3. The van der Waals surface area contributed by atoms with E-state index in [0.29, 0.717) is 37.0 Å². The summed E-state index contributed by atoms with van der Waals surface area (Å²) in [6.07, 6.45) is 3.17. The second kappa shape index (κ2) is 8.43. The first-order valence-electron chi connectivity index (χ1n) is 8.64. The van der Waals surface area contributed by atoms with Gasteiger partial charge in [-0.15, -0.1) is 0 Å². The van der Waals surface area contributed by atoms with E-state index in [1.807, 2.05) is 0 Å². The molecule has 144 valence electrons. The maximum atomic E-state index is 12.3. The molecule has 27 heavy (non-hydrogen) atoms. The van der Waals surface area contributed by atoms with E-state index in [2.05, 4.69) is 25.8 Å². The van der Waals surface area contributed by atoms with Crippen molar-refractivity contribution >= 4 is 17.8 Å². The highest BCUT2D eigenvalue weighted by molar-refractivity contribution is 5.94. The fourth-order valence-corrected chi connectivity index (χ4v) is 2.94. The number of aromatic nitrogens is 5. The van der Waals surface area contributed by atoms with Gasteiger partial charge in [-0.3, -0.25) is 9.59 Å². The van der Waals surface area contributed by atoms with Crippen molar-refractivity contribution in [3.8, 4) is 5.88 Å². The van der Waals surface area contributed by atoms with Crippen LogP contribution in [0.4, 0.5) is 5.95 Å². The molecule has 3 N–H and O–H groups in total. The molecule has 1 saturated heterocycles. The lowest BCUT2D eigenvalue weighted by Crippen LogP contribution is -2.43. The second-order valence-corrected chi connectivity index (χ2v) is 6.32. The summed E-state index contributed by atoms with van der Waals surface area (Å²) >= 11 is 0. The van der Waals surface area contributed by atoms with Gasteiger partial charge in [-0.2, -0.15) is 0 Å². The van der Waals surface area contributed by atoms with E-state index in [-0.39, 0.29) is 24.3 Å². The van der Waals surface area contributed by atoms with Gasteiger partial charge in [-0.25, -0.2) is 9.67 Å². The molecule has 0 bridgehead atoms. The van der Waals surface area contributed by atoms with Crippen LogP contribution in [0, 0.1) is 5.92 Å². The van der Waals surface area contributed by atoms with Gasteiger partial charge in [0.1, 0.15) is 6.54 Å². The lowest BCUT2D eigenvalue weighted by atomic mass is 9.96. The molecule has 2 aromatic rings. The fourth-order valence-electron chi connectivity index (χ4n) is 2.94. The summed E-state index contributed by atoms with van der Waals surface area (Å²) in [6, 6.07) is 3.24. The Morgan fingerprint density at radius 3 is 2.81 bits per heavy atom. The van der Waals surface area contributed by atoms with E-state index in [0.717, 1.165) is 12.8 Å². The van der Waals surface area contributed by atoms with Gasteiger partial charge < -0.3 is 20.7 Å². The number of likely N-dealkylation sites (tertiary alicyclic amines) is 1. The van der Waals surface area contributed by atoms with Gasteiger partial charge in [0.25, 0.3) is 5.91 Å². The molecule has 0 unspecified atom stereocenters. The summed E-state index contributed by atoms with van der Waals surface area (Å²) in [6.45, 7) is 1.85. The van der Waals surface area contributed by atoms with Crippen LogP contribution in [0.15, 0.2) is 18.3 Å². The number of carbonyl (C=O) groups is 2. The van der Waals surface area contributed by atoms with Crippen LogP contribution in [-0.4, -0.2) is 68.6 Å². The van der Waals surface area contributed by atoms with Gasteiger partial charge in [0.15, 0.2) is 0 Å². The predicted octanol–water partition coefficient (Wildman–Crippen LogP) is -0.672. The molecule has 0 aromatic carbocycles. The highest BCUT2D eigenvalue weighted by Crippen LogP contribution is 2.17. The largest absolute Gasteiger partial charge is 0.481 e. The summed E-state index contributed by atoms with van der Waals surface area (Å²) in [5.74, 6) is 0.606. The third-order valence-electron chi connectivity index (χ3n) is 4.57. The van der Waals surface area contributed by atoms with Crippen LogP contribution in [0.5, 0.6) is 5.88 Å². The van der Waals surface area contributed by atoms with Crippen molar-refractivity contribution in [2.45, 2.75) is 19.4 Å². The van der Waals surface area contributed by atoms with E-state index < -0.39 is 0 Å². The number of hydrogen-bond acceptors (Lipinski definition) is 8. The number of anilines is 1. The summed E-state index contributed by atoms with van der Waals surface area (Å²) < 4.78 is 6.30. The second-order valence-electron chi connectivity index (χ2n) is 6.32. The molecular weight excluding hydrogens is 352 g/mol. The number of rotatable bonds is 6. The summed E-state index contributed by atoms with van der Waals surface area (Å²) in [5.41, 5.74) is 6.09. The first-order chi connectivity index (χ1) is 13.1. The Morgan fingerprint density at radius 2 is 2.15 bits per heavy atom. The highest BCUT2D eigenvalue weighted by Gasteiger charge is 2.24. The van der Waals surface area contributed by atoms with Crippen molar-refractivity contribution in [2.75, 3.05) is 32.5 Å². The summed E-state index contributed by atoms with van der Waals surface area (Å²) in [7, 11) is 1.51. The number of ether oxygens (including phenoxy) is 1. The molecule has 2 amide bonds. The monoisotopic (exact) mass is 374 g/mol. The molecule has 11 nitrogen and oxygen atoms in total. The minimum atomic E-state index is -0.164. The molecule has 0 spiro atoms. The molecule has 11 heteroatoms. The molecule has 1 aliphatic heterocycles. The van der Waals surface area contributed by atoms with E-state index in [4.69, 9.17) is 10.5 Å². The number of nitrogens with two attached hydrogens (primary N) is 1. The van der Waals surface area contributed by atoms with Crippen LogP contribution in [-0.2, 0) is 11.3 Å². The number of hydrogen-bond donors (Lipinski definition) is 2. The van der Waals surface area contributed by atoms with Gasteiger partial charge in [0.05, 0.1) is 7.11 Å². The first kappa shape index (κ1) is 18.5. The van der Waals surface area contributed by atoms with Crippen molar-refractivity contribution < 1.29 is 14.3 Å². The Balaban J connectivity index is 1.43. The Labute approximate surface area is 155 Å². The highest BCUT2D eigenvalue weighted by atomic mass is 16.5. The number of pyridine rings is 1. The zero-order chi connectivity index (χ0) is 19.2. The molecule has 2 aromatic heterocycles. The quantitative estimate of drug-likeness (QED) is 0.678. The summed E-state index contributed by atoms with van der Waals surface area (Å²) in [5, 5.41) is 13.6. The average Bonchev–Trinajstić information content (AvgIpc) is 3.11. The number of nitrogens with zero attached hydrogens (tertiary/aromatic N) is 6. The number of nitrogens with one attached hydrogen (secondary N) is 1. The van der Waals surface area contributed by atoms with Crippen molar-refractivity contribution in [3.05, 3.63) is 23.9 Å². The number of amides is 2. The molecule has 1 fully saturated rings. The van der Waals surface area contributed by atoms with E-state index >= 15 is 0 Å². The lowest BCUT2D eigenvalue weighted by molar-refractivity contribution is -0.133. The van der Waals surface area contributed by atoms with Crippen LogP contribution in [0.2, 0.25) is 0 Å². The van der Waals surface area contributed by atoms with Gasteiger partial charge in [-0.1, -0.05) is 5.10 Å². The normalized spacial score (nSPS) is 14.8. The van der Waals surface area contributed by atoms with E-state index in [1.54, 1.807) is 17.0 Å². The van der Waals surface area contributed by atoms with Gasteiger partial charge in [0, 0.05) is 37.5 Å². The number of tetrazole rings is 1. The number of piperidine rings is 1. The third kappa shape index (κ3) is 4.68. The molecule has 0 aliphatic carbocycles. The molecule has 0 radical (unpaired) electrons. The zero-order valence-corrected chi connectivity index (χ0v) is 15.0. The van der Waals surface area contributed by atoms with E-state index in [1.165, 1.54) is 18.0 Å². The summed E-state index contributed by atoms with van der Waals surface area (Å²) in [4.78, 5) is 30.3. The number of nitrogen functional groups attached to an aromatic ring is 1. The molecule has 3 rings (SSSR count). The zero-order valence-electron chi connectivity index (χ0n) is 15.0. The van der Waals surface area contributed by atoms with Crippen LogP contribution >= 0.6 is 0 Å². The maximum Gasteiger partial charge on any atom is 0.251 e. The molecule has 0 atom stereocenters. The number of methoxy groups -OCH3 is 1. The first-order valence-corrected chi connectivity index (χ1v) is 8.64. The van der Waals surface area contributed by atoms with Crippen LogP contribution < -0.4 is 15.8 Å². The SMILES string of the molecule is COc1cc(C(=O)NCC2CCN(C(=O)Cn3nnnc3N)CC2)ccn1. The van der Waals surface area contributed by atoms with Crippen LogP contribution in [0.1, 0.15) is 23.2 Å². The Morgan fingerprint density at radius 1 is 1.37 bits per heavy atom. The standard InChI is InChI=1S/C16H22N8O3/c1-27-13-8-12(2-5-18-13)15(26)19-9-11-3-6-23(7-4-11)14(25)10-24-16(17)20-21-22-24/h2,5,8,11H,3-4,6-7,9-10H2,1H3,(H,19,26)(H2,17,20,22). The lowest BCUT2D eigenvalue weighted by Gasteiger charge is -2.32. The fraction of sp³-hybridized carbons (Fsp3) is 0.500.